The molecule has 1 aliphatic carbocycles. The Bertz CT molecular complexity index is 594. The van der Waals surface area contributed by atoms with Crippen LogP contribution in [0.3, 0.4) is 0 Å². The molecule has 0 saturated heterocycles. The summed E-state index contributed by atoms with van der Waals surface area (Å²) in [5.41, 5.74) is 0. The Morgan fingerprint density at radius 2 is 0.946 bits per heavy atom. The van der Waals surface area contributed by atoms with Crippen molar-refractivity contribution in [2.45, 2.75) is 158 Å². The predicted molar refractivity (Wildman–Crippen MR) is 186 cm³/mol. The smallest absolute Gasteiger partial charge is 0.0535 e. The van der Waals surface area contributed by atoms with E-state index in [1.165, 1.54) is 87.6 Å². The molecule has 0 aromatic heterocycles. The fraction of sp³-hybridized carbons (Fsp3) is 0.818. The zero-order valence-electron chi connectivity index (χ0n) is 26.7. The van der Waals surface area contributed by atoms with Gasteiger partial charge >= 0.3 is 0 Å². The summed E-state index contributed by atoms with van der Waals surface area (Å²) in [6.07, 6.45) is 18.7. The van der Waals surface area contributed by atoms with Crippen LogP contribution in [0.15, 0.2) is 38.0 Å². The number of hydrogen-bond acceptors (Lipinski definition) is 0. The van der Waals surface area contributed by atoms with Crippen molar-refractivity contribution in [1.82, 2.24) is 0 Å². The van der Waals surface area contributed by atoms with E-state index in [-0.39, 0.29) is 0 Å². The van der Waals surface area contributed by atoms with Crippen molar-refractivity contribution in [1.29, 1.82) is 0 Å². The minimum atomic E-state index is -1.27. The number of hydrogen-bond donors (Lipinski definition) is 0. The number of rotatable bonds is 22. The zero-order chi connectivity index (χ0) is 28.0. The lowest BCUT2D eigenvalue weighted by Crippen LogP contribution is -2.37. The molecule has 1 fully saturated rings. The van der Waals surface area contributed by atoms with E-state index in [1.54, 1.807) is 24.2 Å². The summed E-state index contributed by atoms with van der Waals surface area (Å²) in [6.45, 7) is 30.4. The summed E-state index contributed by atoms with van der Waals surface area (Å²) in [5.74, 6) is 2.02. The van der Waals surface area contributed by atoms with Gasteiger partial charge in [0.05, 0.1) is 32.3 Å². The molecule has 37 heavy (non-hydrogen) atoms. The molecule has 0 aromatic rings. The molecule has 4 heteroatoms. The molecule has 0 radical (unpaired) electrons. The molecule has 2 atom stereocenters. The van der Waals surface area contributed by atoms with Crippen LogP contribution in [0, 0.1) is 11.8 Å². The Kier molecular flexibility index (Phi) is 16.2. The lowest BCUT2D eigenvalue weighted by molar-refractivity contribution is 0.387. The molecule has 0 amide bonds. The third kappa shape index (κ3) is 14.9. The summed E-state index contributed by atoms with van der Waals surface area (Å²) in [7, 11) is -4.61. The van der Waals surface area contributed by atoms with Crippen LogP contribution in [0.5, 0.6) is 0 Å². The average molecular weight is 577 g/mol. The second-order valence-corrected chi connectivity index (χ2v) is 36.3. The Labute approximate surface area is 239 Å². The van der Waals surface area contributed by atoms with Gasteiger partial charge in [0.2, 0.25) is 0 Å². The normalized spacial score (nSPS) is 19.2. The van der Waals surface area contributed by atoms with Gasteiger partial charge in [0, 0.05) is 0 Å². The molecule has 0 spiro atoms. The van der Waals surface area contributed by atoms with Gasteiger partial charge in [-0.15, -0.1) is 19.7 Å². The Morgan fingerprint density at radius 3 is 1.27 bits per heavy atom. The highest BCUT2D eigenvalue weighted by atomic mass is 28.3. The minimum absolute atomic E-state index is 0.984. The fourth-order valence-corrected chi connectivity index (χ4v) is 20.1. The van der Waals surface area contributed by atoms with Gasteiger partial charge in [-0.1, -0.05) is 158 Å². The topological polar surface area (TPSA) is 0 Å². The molecule has 0 N–H and O–H groups in total. The van der Waals surface area contributed by atoms with Crippen molar-refractivity contribution in [2.75, 3.05) is 0 Å². The van der Waals surface area contributed by atoms with E-state index in [4.69, 9.17) is 0 Å². The Hall–Kier alpha value is 0.0875. The highest BCUT2D eigenvalue weighted by Gasteiger charge is 2.34. The SMILES string of the molecule is C=CC[Si](C)(C)CCC[Si](CCCC1CCCC1C)(CCC[Si](C)(C)CC=C)CCC[Si](C)(C)CC=C. The third-order valence-corrected chi connectivity index (χ3v) is 25.1. The monoisotopic (exact) mass is 576 g/mol. The molecule has 216 valence electrons. The van der Waals surface area contributed by atoms with Gasteiger partial charge in [-0.3, -0.25) is 0 Å². The Morgan fingerprint density at radius 1 is 0.568 bits per heavy atom. The van der Waals surface area contributed by atoms with Gasteiger partial charge in [0.15, 0.2) is 0 Å². The van der Waals surface area contributed by atoms with Crippen molar-refractivity contribution in [3.8, 4) is 0 Å². The minimum Gasteiger partial charge on any atom is -0.103 e. The predicted octanol–water partition coefficient (Wildman–Crippen LogP) is 12.5. The van der Waals surface area contributed by atoms with Gasteiger partial charge in [0.25, 0.3) is 0 Å². The van der Waals surface area contributed by atoms with Crippen molar-refractivity contribution in [3.63, 3.8) is 0 Å². The van der Waals surface area contributed by atoms with Gasteiger partial charge < -0.3 is 0 Å². The molecule has 1 saturated carbocycles. The summed E-state index contributed by atoms with van der Waals surface area (Å²) in [6, 6.07) is 14.9. The van der Waals surface area contributed by atoms with Crippen LogP contribution in [0.1, 0.15) is 58.3 Å². The zero-order valence-corrected chi connectivity index (χ0v) is 30.7. The van der Waals surface area contributed by atoms with Crippen LogP contribution in [-0.2, 0) is 0 Å². The average Bonchev–Trinajstić information content (AvgIpc) is 3.17. The quantitative estimate of drug-likeness (QED) is 0.0887. The molecule has 2 unspecified atom stereocenters. The van der Waals surface area contributed by atoms with Crippen molar-refractivity contribution in [2.24, 2.45) is 11.8 Å². The first-order valence-electron chi connectivity index (χ1n) is 16.1. The Balaban J connectivity index is 3.00. The summed E-state index contributed by atoms with van der Waals surface area (Å²) < 4.78 is 0. The third-order valence-electron chi connectivity index (χ3n) is 10.1. The maximum absolute atomic E-state index is 4.08. The van der Waals surface area contributed by atoms with Crippen LogP contribution < -0.4 is 0 Å². The van der Waals surface area contributed by atoms with Crippen LogP contribution in [0.4, 0.5) is 0 Å². The van der Waals surface area contributed by atoms with E-state index in [2.05, 4.69) is 84.2 Å². The van der Waals surface area contributed by atoms with Crippen molar-refractivity contribution < 1.29 is 0 Å². The maximum Gasteiger partial charge on any atom is 0.0535 e. The van der Waals surface area contributed by atoms with E-state index < -0.39 is 32.3 Å². The second-order valence-electron chi connectivity index (χ2n) is 15.6. The molecular weight excluding hydrogens is 509 g/mol. The molecule has 1 rings (SSSR count). The van der Waals surface area contributed by atoms with Crippen molar-refractivity contribution >= 4 is 32.3 Å². The first-order valence-corrected chi connectivity index (χ1v) is 29.2. The molecule has 0 aromatic carbocycles. The first-order chi connectivity index (χ1) is 17.3. The molecular formula is C33H68Si4. The second kappa shape index (κ2) is 17.0. The molecule has 0 heterocycles. The van der Waals surface area contributed by atoms with E-state index in [9.17, 15) is 0 Å². The van der Waals surface area contributed by atoms with Gasteiger partial charge in [-0.05, 0) is 30.0 Å². The van der Waals surface area contributed by atoms with E-state index in [0.29, 0.717) is 0 Å². The van der Waals surface area contributed by atoms with Gasteiger partial charge in [-0.2, -0.15) is 0 Å². The largest absolute Gasteiger partial charge is 0.103 e. The van der Waals surface area contributed by atoms with Crippen LogP contribution >= 0.6 is 0 Å². The van der Waals surface area contributed by atoms with Gasteiger partial charge in [-0.25, -0.2) is 0 Å². The summed E-state index contributed by atoms with van der Waals surface area (Å²) >= 11 is 0. The molecule has 1 aliphatic rings. The van der Waals surface area contributed by atoms with E-state index in [1.807, 2.05) is 0 Å². The summed E-state index contributed by atoms with van der Waals surface area (Å²) in [4.78, 5) is 0. The number of allylic oxidation sites excluding steroid dienone is 3. The fourth-order valence-electron chi connectivity index (χ4n) is 7.44. The maximum atomic E-state index is 4.08. The first kappa shape index (κ1) is 35.1. The molecule has 0 bridgehead atoms. The van der Waals surface area contributed by atoms with Crippen LogP contribution in [0.2, 0.25) is 99.7 Å². The molecule has 0 aliphatic heterocycles. The van der Waals surface area contributed by atoms with Gasteiger partial charge in [0.1, 0.15) is 0 Å². The standard InChI is InChI=1S/C33H68Si4/c1-11-22-34(5,6)25-16-29-37(30-17-26-35(7,8)23-12-2,31-18-27-36(9,10)24-13-3)28-15-21-33-20-14-19-32(33)4/h11-13,32-33H,1-3,14-31H2,4-10H3. The highest BCUT2D eigenvalue weighted by Crippen LogP contribution is 2.40. The summed E-state index contributed by atoms with van der Waals surface area (Å²) in [5, 5.41) is 0. The lowest BCUT2D eigenvalue weighted by atomic mass is 9.94. The lowest BCUT2D eigenvalue weighted by Gasteiger charge is -2.36. The highest BCUT2D eigenvalue weighted by molar-refractivity contribution is 6.82. The van der Waals surface area contributed by atoms with Crippen molar-refractivity contribution in [3.05, 3.63) is 38.0 Å². The molecule has 0 nitrogen and oxygen atoms in total. The van der Waals surface area contributed by atoms with Crippen LogP contribution in [0.25, 0.3) is 0 Å². The van der Waals surface area contributed by atoms with E-state index in [0.717, 1.165) is 11.8 Å². The van der Waals surface area contributed by atoms with E-state index >= 15 is 0 Å². The van der Waals surface area contributed by atoms with Crippen LogP contribution in [-0.4, -0.2) is 32.3 Å².